The molecule has 0 unspecified atom stereocenters. The smallest absolute Gasteiger partial charge is 0.135 e. The zero-order valence-electron chi connectivity index (χ0n) is 12.0. The molecule has 0 bridgehead atoms. The summed E-state index contributed by atoms with van der Waals surface area (Å²) in [7, 11) is 0. The topological polar surface area (TPSA) is 25.2 Å². The van der Waals surface area contributed by atoms with Crippen molar-refractivity contribution in [2.45, 2.75) is 13.1 Å². The fourth-order valence-electron chi connectivity index (χ4n) is 2.20. The van der Waals surface area contributed by atoms with Crippen LogP contribution >= 0.6 is 24.0 Å². The van der Waals surface area contributed by atoms with Gasteiger partial charge in [0.25, 0.3) is 0 Å². The van der Waals surface area contributed by atoms with Gasteiger partial charge in [0.05, 0.1) is 11.6 Å². The lowest BCUT2D eigenvalue weighted by molar-refractivity contribution is 0.493. The highest BCUT2D eigenvalue weighted by atomic mass is 35.5. The maximum atomic E-state index is 6.18. The monoisotopic (exact) mass is 333 g/mol. The number of hydrogen-bond donors (Lipinski definition) is 1. The molecule has 2 nitrogen and oxygen atoms in total. The lowest BCUT2D eigenvalue weighted by Gasteiger charge is -2.03. The first-order valence-corrected chi connectivity index (χ1v) is 7.29. The molecule has 0 amide bonds. The van der Waals surface area contributed by atoms with Crippen molar-refractivity contribution in [1.82, 2.24) is 5.32 Å². The van der Waals surface area contributed by atoms with Crippen molar-refractivity contribution in [3.63, 3.8) is 0 Å². The highest BCUT2D eigenvalue weighted by molar-refractivity contribution is 6.33. The van der Waals surface area contributed by atoms with Crippen LogP contribution in [0.2, 0.25) is 5.02 Å². The van der Waals surface area contributed by atoms with Crippen LogP contribution in [-0.4, -0.2) is 0 Å². The van der Waals surface area contributed by atoms with Crippen LogP contribution in [0, 0.1) is 0 Å². The Labute approximate surface area is 141 Å². The molecule has 1 aromatic heterocycles. The van der Waals surface area contributed by atoms with Gasteiger partial charge in [-0.3, -0.25) is 0 Å². The molecule has 0 fully saturated rings. The lowest BCUT2D eigenvalue weighted by Crippen LogP contribution is -2.11. The Morgan fingerprint density at radius 1 is 0.818 bits per heavy atom. The minimum absolute atomic E-state index is 0. The maximum Gasteiger partial charge on any atom is 0.135 e. The summed E-state index contributed by atoms with van der Waals surface area (Å²) >= 11 is 6.18. The summed E-state index contributed by atoms with van der Waals surface area (Å²) in [6.45, 7) is 1.52. The van der Waals surface area contributed by atoms with Gasteiger partial charge in [0.1, 0.15) is 11.5 Å². The van der Waals surface area contributed by atoms with Crippen LogP contribution in [0.25, 0.3) is 11.3 Å². The Hall–Kier alpha value is -1.74. The van der Waals surface area contributed by atoms with Gasteiger partial charge in [-0.15, -0.1) is 12.4 Å². The number of furan rings is 1. The molecule has 4 heteroatoms. The molecule has 0 aliphatic rings. The lowest BCUT2D eigenvalue weighted by atomic mass is 10.2. The summed E-state index contributed by atoms with van der Waals surface area (Å²) in [4.78, 5) is 0. The molecule has 0 aliphatic heterocycles. The molecule has 1 N–H and O–H groups in total. The number of nitrogens with one attached hydrogen (secondary N) is 1. The van der Waals surface area contributed by atoms with Crippen molar-refractivity contribution in [3.05, 3.63) is 83.1 Å². The second-order valence-corrected chi connectivity index (χ2v) is 5.24. The molecule has 0 saturated carbocycles. The van der Waals surface area contributed by atoms with Crippen LogP contribution in [0.4, 0.5) is 0 Å². The van der Waals surface area contributed by atoms with E-state index >= 15 is 0 Å². The molecule has 3 rings (SSSR count). The SMILES string of the molecule is Cl.Clc1ccccc1-c1ccc(CNCc2ccccc2)o1. The molecule has 114 valence electrons. The molecular formula is C18H17Cl2NO. The minimum Gasteiger partial charge on any atom is -0.460 e. The first kappa shape index (κ1) is 16.6. The number of benzene rings is 2. The van der Waals surface area contributed by atoms with Crippen LogP contribution in [0.1, 0.15) is 11.3 Å². The molecule has 22 heavy (non-hydrogen) atoms. The van der Waals surface area contributed by atoms with Crippen molar-refractivity contribution in [1.29, 1.82) is 0 Å². The molecule has 0 saturated heterocycles. The molecule has 0 atom stereocenters. The summed E-state index contributed by atoms with van der Waals surface area (Å²) in [6, 6.07) is 21.9. The number of halogens is 2. The van der Waals surface area contributed by atoms with Crippen LogP contribution < -0.4 is 5.32 Å². The number of hydrogen-bond acceptors (Lipinski definition) is 2. The van der Waals surface area contributed by atoms with Gasteiger partial charge >= 0.3 is 0 Å². The molecule has 2 aromatic carbocycles. The zero-order valence-corrected chi connectivity index (χ0v) is 13.5. The van der Waals surface area contributed by atoms with E-state index in [1.807, 2.05) is 54.6 Å². The Kier molecular flexibility index (Phi) is 6.08. The standard InChI is InChI=1S/C18H16ClNO.ClH/c19-17-9-5-4-8-16(17)18-11-10-15(21-18)13-20-12-14-6-2-1-3-7-14;/h1-11,20H,12-13H2;1H. The Balaban J connectivity index is 0.00000176. The summed E-state index contributed by atoms with van der Waals surface area (Å²) in [5.41, 5.74) is 2.18. The van der Waals surface area contributed by atoms with Crippen molar-refractivity contribution >= 4 is 24.0 Å². The largest absolute Gasteiger partial charge is 0.460 e. The third kappa shape index (κ3) is 4.14. The summed E-state index contributed by atoms with van der Waals surface area (Å²) in [5, 5.41) is 4.07. The van der Waals surface area contributed by atoms with Gasteiger partial charge in [0.2, 0.25) is 0 Å². The number of rotatable bonds is 5. The predicted octanol–water partition coefficient (Wildman–Crippen LogP) is 5.31. The van der Waals surface area contributed by atoms with Crippen molar-refractivity contribution in [3.8, 4) is 11.3 Å². The van der Waals surface area contributed by atoms with Crippen LogP contribution in [0.3, 0.4) is 0 Å². The molecule has 3 aromatic rings. The van der Waals surface area contributed by atoms with Gasteiger partial charge in [-0.1, -0.05) is 54.1 Å². The van der Waals surface area contributed by atoms with Gasteiger partial charge in [0.15, 0.2) is 0 Å². The first-order chi connectivity index (χ1) is 10.3. The molecule has 0 spiro atoms. The molecular weight excluding hydrogens is 317 g/mol. The van der Waals surface area contributed by atoms with Gasteiger partial charge in [-0.25, -0.2) is 0 Å². The predicted molar refractivity (Wildman–Crippen MR) is 93.4 cm³/mol. The fourth-order valence-corrected chi connectivity index (χ4v) is 2.43. The van der Waals surface area contributed by atoms with Gasteiger partial charge in [0, 0.05) is 12.1 Å². The van der Waals surface area contributed by atoms with E-state index in [1.54, 1.807) is 0 Å². The summed E-state index contributed by atoms with van der Waals surface area (Å²) in [5.74, 6) is 1.71. The van der Waals surface area contributed by atoms with Gasteiger partial charge in [-0.05, 0) is 29.8 Å². The summed E-state index contributed by atoms with van der Waals surface area (Å²) < 4.78 is 5.84. The normalized spacial score (nSPS) is 10.2. The Morgan fingerprint density at radius 3 is 2.32 bits per heavy atom. The van der Waals surface area contributed by atoms with E-state index in [0.29, 0.717) is 11.6 Å². The average Bonchev–Trinajstić information content (AvgIpc) is 2.97. The second-order valence-electron chi connectivity index (χ2n) is 4.83. The zero-order chi connectivity index (χ0) is 14.5. The highest BCUT2D eigenvalue weighted by Gasteiger charge is 2.07. The van der Waals surface area contributed by atoms with Gasteiger partial charge < -0.3 is 9.73 Å². The van der Waals surface area contributed by atoms with Crippen molar-refractivity contribution in [2.24, 2.45) is 0 Å². The van der Waals surface area contributed by atoms with E-state index in [2.05, 4.69) is 17.4 Å². The first-order valence-electron chi connectivity index (χ1n) is 6.91. The van der Waals surface area contributed by atoms with Crippen LogP contribution in [-0.2, 0) is 13.1 Å². The van der Waals surface area contributed by atoms with E-state index in [9.17, 15) is 0 Å². The third-order valence-corrected chi connectivity index (χ3v) is 3.60. The van der Waals surface area contributed by atoms with Gasteiger partial charge in [-0.2, -0.15) is 0 Å². The quantitative estimate of drug-likeness (QED) is 0.684. The molecule has 1 heterocycles. The third-order valence-electron chi connectivity index (χ3n) is 3.27. The second kappa shape index (κ2) is 8.04. The van der Waals surface area contributed by atoms with Crippen LogP contribution in [0.15, 0.2) is 71.1 Å². The fraction of sp³-hybridized carbons (Fsp3) is 0.111. The van der Waals surface area contributed by atoms with E-state index in [4.69, 9.17) is 16.0 Å². The molecule has 0 aliphatic carbocycles. The van der Waals surface area contributed by atoms with Crippen LogP contribution in [0.5, 0.6) is 0 Å². The summed E-state index contributed by atoms with van der Waals surface area (Å²) in [6.07, 6.45) is 0. The van der Waals surface area contributed by atoms with Crippen molar-refractivity contribution in [2.75, 3.05) is 0 Å². The average molecular weight is 334 g/mol. The van der Waals surface area contributed by atoms with E-state index in [1.165, 1.54) is 5.56 Å². The highest BCUT2D eigenvalue weighted by Crippen LogP contribution is 2.28. The van der Waals surface area contributed by atoms with E-state index in [-0.39, 0.29) is 12.4 Å². The van der Waals surface area contributed by atoms with Crippen molar-refractivity contribution < 1.29 is 4.42 Å². The Morgan fingerprint density at radius 2 is 1.55 bits per heavy atom. The Bertz CT molecular complexity index is 710. The molecule has 0 radical (unpaired) electrons. The maximum absolute atomic E-state index is 6.18. The van der Waals surface area contributed by atoms with E-state index < -0.39 is 0 Å². The minimum atomic E-state index is 0. The van der Waals surface area contributed by atoms with E-state index in [0.717, 1.165) is 23.6 Å².